The number of ketones is 1. The molecule has 1 aromatic rings. The van der Waals surface area contributed by atoms with Gasteiger partial charge in [0, 0.05) is 18.6 Å². The van der Waals surface area contributed by atoms with Gasteiger partial charge >= 0.3 is 5.97 Å². The number of hydrogen-bond donors (Lipinski definition) is 1. The predicted molar refractivity (Wildman–Crippen MR) is 87.6 cm³/mol. The molecule has 1 unspecified atom stereocenters. The first-order chi connectivity index (χ1) is 12.5. The number of methoxy groups -OCH3 is 1. The largest absolute Gasteiger partial charge is 0.504 e. The lowest BCUT2D eigenvalue weighted by Crippen LogP contribution is -2.62. The van der Waals surface area contributed by atoms with Crippen LogP contribution >= 0.6 is 0 Å². The van der Waals surface area contributed by atoms with E-state index in [0.717, 1.165) is 0 Å². The van der Waals surface area contributed by atoms with Gasteiger partial charge in [0.2, 0.25) is 0 Å². The van der Waals surface area contributed by atoms with E-state index in [1.807, 2.05) is 0 Å². The van der Waals surface area contributed by atoms with E-state index in [-0.39, 0.29) is 24.1 Å². The number of cyclic esters (lactones) is 1. The Balaban J connectivity index is 1.63. The summed E-state index contributed by atoms with van der Waals surface area (Å²) in [5.41, 5.74) is -0.536. The van der Waals surface area contributed by atoms with E-state index in [0.29, 0.717) is 36.3 Å². The summed E-state index contributed by atoms with van der Waals surface area (Å²) in [6.07, 6.45) is 1.30. The van der Waals surface area contributed by atoms with Gasteiger partial charge in [-0.05, 0) is 30.2 Å². The number of fused-ring (bicyclic) bond motifs is 1. The second kappa shape index (κ2) is 5.08. The van der Waals surface area contributed by atoms with Crippen molar-refractivity contribution in [1.29, 1.82) is 0 Å². The Morgan fingerprint density at radius 1 is 1.35 bits per heavy atom. The van der Waals surface area contributed by atoms with Gasteiger partial charge in [0.25, 0.3) is 0 Å². The molecule has 4 atom stereocenters. The van der Waals surface area contributed by atoms with E-state index in [1.54, 1.807) is 18.2 Å². The van der Waals surface area contributed by atoms with Crippen LogP contribution in [0.5, 0.6) is 11.5 Å². The van der Waals surface area contributed by atoms with Gasteiger partial charge in [-0.25, -0.2) is 0 Å². The fourth-order valence-electron chi connectivity index (χ4n) is 4.84. The minimum atomic E-state index is -0.923. The normalized spacial score (nSPS) is 39.0. The van der Waals surface area contributed by atoms with Crippen molar-refractivity contribution in [2.24, 2.45) is 5.41 Å². The fourth-order valence-corrected chi connectivity index (χ4v) is 4.84. The molecule has 2 bridgehead atoms. The molecule has 0 aromatic heterocycles. The van der Waals surface area contributed by atoms with Gasteiger partial charge in [0.1, 0.15) is 29.8 Å². The quantitative estimate of drug-likeness (QED) is 0.628. The Bertz CT molecular complexity index is 859. The van der Waals surface area contributed by atoms with Crippen LogP contribution in [0, 0.1) is 5.41 Å². The summed E-state index contributed by atoms with van der Waals surface area (Å²) in [6, 6.07) is 4.85. The highest BCUT2D eigenvalue weighted by atomic mass is 16.6. The number of phenolic OH excluding ortho intramolecular Hbond substituents is 1. The Morgan fingerprint density at radius 3 is 3.00 bits per heavy atom. The van der Waals surface area contributed by atoms with Crippen molar-refractivity contribution in [3.05, 3.63) is 29.3 Å². The third-order valence-corrected chi connectivity index (χ3v) is 6.13. The van der Waals surface area contributed by atoms with Crippen LogP contribution in [0.1, 0.15) is 18.4 Å². The Labute approximate surface area is 149 Å². The van der Waals surface area contributed by atoms with Crippen molar-refractivity contribution >= 4 is 17.8 Å². The number of carbonyl (C=O) groups is 2. The molecule has 7 nitrogen and oxygen atoms in total. The Hall–Kier alpha value is -2.38. The molecule has 4 aliphatic heterocycles. The molecule has 26 heavy (non-hydrogen) atoms. The first-order valence-electron chi connectivity index (χ1n) is 8.60. The van der Waals surface area contributed by atoms with Crippen LogP contribution in [0.25, 0.3) is 6.08 Å². The zero-order valence-corrected chi connectivity index (χ0v) is 14.2. The molecule has 0 saturated carbocycles. The number of phenols is 1. The van der Waals surface area contributed by atoms with Crippen molar-refractivity contribution in [2.45, 2.75) is 30.7 Å². The third kappa shape index (κ3) is 1.74. The molecule has 0 amide bonds. The molecule has 136 valence electrons. The van der Waals surface area contributed by atoms with Crippen molar-refractivity contribution in [1.82, 2.24) is 0 Å². The summed E-state index contributed by atoms with van der Waals surface area (Å²) in [5, 5.41) is 9.77. The number of aromatic hydroxyl groups is 1. The molecule has 1 N–H and O–H groups in total. The van der Waals surface area contributed by atoms with Crippen LogP contribution < -0.4 is 4.74 Å². The molecule has 0 aliphatic carbocycles. The molecule has 1 aromatic carbocycles. The summed E-state index contributed by atoms with van der Waals surface area (Å²) in [6.45, 7) is 0.484. The van der Waals surface area contributed by atoms with Crippen LogP contribution in [0.3, 0.4) is 0 Å². The number of benzene rings is 1. The van der Waals surface area contributed by atoms with Crippen LogP contribution in [-0.2, 0) is 23.8 Å². The number of ether oxygens (including phenoxy) is 4. The number of carbonyl (C=O) groups excluding carboxylic acids is 2. The molecule has 4 fully saturated rings. The van der Waals surface area contributed by atoms with Crippen LogP contribution in [0.2, 0.25) is 0 Å². The number of esters is 1. The highest BCUT2D eigenvalue weighted by Crippen LogP contribution is 2.62. The van der Waals surface area contributed by atoms with Crippen molar-refractivity contribution < 1.29 is 33.6 Å². The van der Waals surface area contributed by atoms with Crippen molar-refractivity contribution in [3.8, 4) is 11.5 Å². The summed E-state index contributed by atoms with van der Waals surface area (Å²) in [7, 11) is 1.46. The maximum Gasteiger partial charge on any atom is 0.315 e. The first-order valence-corrected chi connectivity index (χ1v) is 8.60. The molecular weight excluding hydrogens is 340 g/mol. The molecule has 0 radical (unpaired) electrons. The van der Waals surface area contributed by atoms with E-state index < -0.39 is 23.2 Å². The average molecular weight is 358 g/mol. The number of Topliss-reactive ketones (excluding diaryl/α,β-unsaturated/α-hetero) is 1. The second-order valence-corrected chi connectivity index (χ2v) is 7.25. The number of hydrogen-bond acceptors (Lipinski definition) is 7. The third-order valence-electron chi connectivity index (χ3n) is 6.13. The molecule has 1 spiro atoms. The van der Waals surface area contributed by atoms with Gasteiger partial charge < -0.3 is 24.1 Å². The molecule has 4 heterocycles. The average Bonchev–Trinajstić information content (AvgIpc) is 3.13. The summed E-state index contributed by atoms with van der Waals surface area (Å²) >= 11 is 0. The molecule has 5 rings (SSSR count). The monoisotopic (exact) mass is 358 g/mol. The van der Waals surface area contributed by atoms with Crippen molar-refractivity contribution in [2.75, 3.05) is 20.3 Å². The Kier molecular flexibility index (Phi) is 3.10. The number of rotatable bonds is 2. The highest BCUT2D eigenvalue weighted by molar-refractivity contribution is 6.06. The van der Waals surface area contributed by atoms with Crippen LogP contribution in [0.4, 0.5) is 0 Å². The van der Waals surface area contributed by atoms with Gasteiger partial charge in [-0.3, -0.25) is 9.59 Å². The lowest BCUT2D eigenvalue weighted by atomic mass is 9.67. The van der Waals surface area contributed by atoms with Crippen LogP contribution in [-0.4, -0.2) is 55.0 Å². The molecule has 4 aliphatic rings. The first kappa shape index (κ1) is 15.8. The molecule has 4 saturated heterocycles. The predicted octanol–water partition coefficient (Wildman–Crippen LogP) is 1.23. The molecular formula is C19H18O7. The van der Waals surface area contributed by atoms with E-state index in [2.05, 4.69) is 0 Å². The zero-order chi connectivity index (χ0) is 18.1. The van der Waals surface area contributed by atoms with Gasteiger partial charge in [-0.2, -0.15) is 0 Å². The second-order valence-electron chi connectivity index (χ2n) is 7.25. The lowest BCUT2D eigenvalue weighted by Gasteiger charge is -2.46. The van der Waals surface area contributed by atoms with Gasteiger partial charge in [-0.15, -0.1) is 0 Å². The van der Waals surface area contributed by atoms with E-state index in [1.165, 1.54) is 13.2 Å². The SMILES string of the molecule is COc1cc(C=C2C(=O)C3C[C@@]45CCO[C@@H]2[C@@]4(COC5=O)O3)ccc1O. The summed E-state index contributed by atoms with van der Waals surface area (Å²) in [4.78, 5) is 25.5. The molecule has 7 heteroatoms. The van der Waals surface area contributed by atoms with Gasteiger partial charge in [-0.1, -0.05) is 6.07 Å². The summed E-state index contributed by atoms with van der Waals surface area (Å²) < 4.78 is 22.5. The van der Waals surface area contributed by atoms with E-state index >= 15 is 0 Å². The van der Waals surface area contributed by atoms with Crippen LogP contribution in [0.15, 0.2) is 23.8 Å². The lowest BCUT2D eigenvalue weighted by molar-refractivity contribution is -0.197. The van der Waals surface area contributed by atoms with Gasteiger partial charge in [0.15, 0.2) is 17.3 Å². The maximum absolute atomic E-state index is 13.0. The van der Waals surface area contributed by atoms with E-state index in [9.17, 15) is 14.7 Å². The minimum absolute atomic E-state index is 0.0225. The Morgan fingerprint density at radius 2 is 2.19 bits per heavy atom. The topological polar surface area (TPSA) is 91.3 Å². The maximum atomic E-state index is 13.0. The zero-order valence-electron chi connectivity index (χ0n) is 14.2. The smallest absolute Gasteiger partial charge is 0.315 e. The highest BCUT2D eigenvalue weighted by Gasteiger charge is 2.77. The van der Waals surface area contributed by atoms with E-state index in [4.69, 9.17) is 18.9 Å². The minimum Gasteiger partial charge on any atom is -0.504 e. The fraction of sp³-hybridized carbons (Fsp3) is 0.474. The standard InChI is InChI=1S/C19H18O7/c1-23-13-7-10(2-3-12(13)20)6-11-15(21)14-8-18-4-5-24-16(11)19(18,26-14)9-25-17(18)22/h2-3,6-7,14,16,20H,4-5,8-9H2,1H3/t14?,16-,18+,19+/m0/s1. The van der Waals surface area contributed by atoms with Gasteiger partial charge in [0.05, 0.1) is 7.11 Å². The summed E-state index contributed by atoms with van der Waals surface area (Å²) in [5.74, 6) is -0.0996. The van der Waals surface area contributed by atoms with Crippen molar-refractivity contribution in [3.63, 3.8) is 0 Å².